The quantitative estimate of drug-likeness (QED) is 0.852. The molecule has 0 aromatic heterocycles. The van der Waals surface area contributed by atoms with Gasteiger partial charge in [-0.15, -0.1) is 0 Å². The molecule has 0 bridgehead atoms. The largest absolute Gasteiger partial charge is 0.448 e. The summed E-state index contributed by atoms with van der Waals surface area (Å²) in [5, 5.41) is 0.708. The van der Waals surface area contributed by atoms with Crippen LogP contribution in [0.4, 0.5) is 0 Å². The molecule has 1 heterocycles. The van der Waals surface area contributed by atoms with Gasteiger partial charge in [-0.05, 0) is 43.7 Å². The van der Waals surface area contributed by atoms with Gasteiger partial charge in [0.15, 0.2) is 11.5 Å². The summed E-state index contributed by atoms with van der Waals surface area (Å²) < 4.78 is 12.1. The Kier molecular flexibility index (Phi) is 2.37. The van der Waals surface area contributed by atoms with Crippen LogP contribution in [0.15, 0.2) is 12.1 Å². The van der Waals surface area contributed by atoms with Crippen molar-refractivity contribution in [1.29, 1.82) is 0 Å². The lowest BCUT2D eigenvalue weighted by molar-refractivity contribution is -0.0716. The molecule has 0 saturated heterocycles. The van der Waals surface area contributed by atoms with Gasteiger partial charge in [-0.2, -0.15) is 0 Å². The highest BCUT2D eigenvalue weighted by Crippen LogP contribution is 2.51. The van der Waals surface area contributed by atoms with Crippen molar-refractivity contribution >= 4 is 11.6 Å². The first-order chi connectivity index (χ1) is 9.10. The molecule has 0 radical (unpaired) electrons. The highest BCUT2D eigenvalue weighted by Gasteiger charge is 2.45. The van der Waals surface area contributed by atoms with Gasteiger partial charge in [-0.25, -0.2) is 0 Å². The lowest BCUT2D eigenvalue weighted by atomic mass is 9.72. The van der Waals surface area contributed by atoms with Crippen LogP contribution in [-0.4, -0.2) is 5.79 Å². The molecule has 1 aromatic rings. The second-order valence-corrected chi connectivity index (χ2v) is 6.52. The molecule has 2 N–H and O–H groups in total. The minimum Gasteiger partial charge on any atom is -0.448 e. The fraction of sp³-hybridized carbons (Fsp3) is 0.600. The molecule has 0 atom stereocenters. The van der Waals surface area contributed by atoms with Crippen LogP contribution in [0.1, 0.15) is 50.5 Å². The van der Waals surface area contributed by atoms with Crippen LogP contribution in [0, 0.1) is 0 Å². The average molecular weight is 280 g/mol. The first-order valence-electron chi connectivity index (χ1n) is 7.11. The van der Waals surface area contributed by atoms with E-state index >= 15 is 0 Å². The number of fused-ring (bicyclic) bond motifs is 1. The van der Waals surface area contributed by atoms with Gasteiger partial charge >= 0.3 is 0 Å². The Hall–Kier alpha value is -0.930. The molecule has 1 aliphatic heterocycles. The lowest BCUT2D eigenvalue weighted by Gasteiger charge is -2.39. The number of nitrogens with two attached hydrogens (primary N) is 1. The average Bonchev–Trinajstić information content (AvgIpc) is 2.92. The van der Waals surface area contributed by atoms with Crippen molar-refractivity contribution in [2.75, 3.05) is 0 Å². The third-order valence-electron chi connectivity index (χ3n) is 4.77. The molecule has 3 nitrogen and oxygen atoms in total. The van der Waals surface area contributed by atoms with Crippen LogP contribution >= 0.6 is 11.6 Å². The van der Waals surface area contributed by atoms with Crippen LogP contribution < -0.4 is 15.2 Å². The van der Waals surface area contributed by atoms with Crippen molar-refractivity contribution in [3.05, 3.63) is 22.7 Å². The van der Waals surface area contributed by atoms with Crippen molar-refractivity contribution in [3.63, 3.8) is 0 Å². The second-order valence-electron chi connectivity index (χ2n) is 6.11. The number of halogens is 1. The molecular weight excluding hydrogens is 262 g/mol. The fourth-order valence-corrected chi connectivity index (χ4v) is 3.78. The molecule has 3 aliphatic rings. The van der Waals surface area contributed by atoms with Gasteiger partial charge in [-0.3, -0.25) is 0 Å². The molecular formula is C15H18ClNO2. The summed E-state index contributed by atoms with van der Waals surface area (Å²) in [7, 11) is 0. The zero-order valence-corrected chi connectivity index (χ0v) is 11.6. The van der Waals surface area contributed by atoms with Gasteiger partial charge in [0.25, 0.3) is 5.79 Å². The number of ether oxygens (including phenoxy) is 2. The smallest absolute Gasteiger partial charge is 0.251 e. The van der Waals surface area contributed by atoms with Crippen LogP contribution in [-0.2, 0) is 5.54 Å². The minimum atomic E-state index is -0.425. The summed E-state index contributed by atoms with van der Waals surface area (Å²) in [5.41, 5.74) is 7.13. The van der Waals surface area contributed by atoms with E-state index < -0.39 is 5.79 Å². The molecule has 4 rings (SSSR count). The predicted octanol–water partition coefficient (Wildman–Crippen LogP) is 3.72. The maximum absolute atomic E-state index is 6.38. The molecule has 19 heavy (non-hydrogen) atoms. The Labute approximate surface area is 118 Å². The molecule has 0 unspecified atom stereocenters. The van der Waals surface area contributed by atoms with Gasteiger partial charge in [0, 0.05) is 29.5 Å². The van der Waals surface area contributed by atoms with Crippen LogP contribution in [0.25, 0.3) is 0 Å². The van der Waals surface area contributed by atoms with Crippen molar-refractivity contribution in [3.8, 4) is 11.5 Å². The zero-order valence-electron chi connectivity index (χ0n) is 10.9. The molecule has 1 spiro atoms. The van der Waals surface area contributed by atoms with E-state index in [-0.39, 0.29) is 5.54 Å². The first kappa shape index (κ1) is 11.9. The van der Waals surface area contributed by atoms with Gasteiger partial charge in [0.1, 0.15) is 0 Å². The van der Waals surface area contributed by atoms with Crippen LogP contribution in [0.2, 0.25) is 5.02 Å². The molecule has 1 aromatic carbocycles. The van der Waals surface area contributed by atoms with E-state index in [1.54, 1.807) is 0 Å². The number of benzene rings is 1. The Bertz CT molecular complexity index is 533. The summed E-state index contributed by atoms with van der Waals surface area (Å²) in [6.45, 7) is 0. The van der Waals surface area contributed by atoms with Gasteiger partial charge < -0.3 is 15.2 Å². The van der Waals surface area contributed by atoms with Crippen molar-refractivity contribution < 1.29 is 9.47 Å². The third kappa shape index (κ3) is 1.68. The standard InChI is InChI=1S/C15H18ClNO2/c16-11-9-13-12(8-10(11)14(17)4-3-5-14)18-15(19-13)6-1-2-7-15/h8-9H,1-7,17H2. The van der Waals surface area contributed by atoms with E-state index in [2.05, 4.69) is 0 Å². The van der Waals surface area contributed by atoms with E-state index in [0.29, 0.717) is 5.02 Å². The monoisotopic (exact) mass is 279 g/mol. The molecule has 2 aliphatic carbocycles. The highest BCUT2D eigenvalue weighted by molar-refractivity contribution is 6.31. The summed E-state index contributed by atoms with van der Waals surface area (Å²) in [5.74, 6) is 1.17. The van der Waals surface area contributed by atoms with E-state index in [0.717, 1.165) is 55.6 Å². The third-order valence-corrected chi connectivity index (χ3v) is 5.09. The van der Waals surface area contributed by atoms with Crippen LogP contribution in [0.5, 0.6) is 11.5 Å². The maximum Gasteiger partial charge on any atom is 0.251 e. The molecule has 2 saturated carbocycles. The minimum absolute atomic E-state index is 0.263. The maximum atomic E-state index is 6.38. The van der Waals surface area contributed by atoms with Crippen molar-refractivity contribution in [2.24, 2.45) is 5.73 Å². The normalized spacial score (nSPS) is 25.6. The van der Waals surface area contributed by atoms with E-state index in [4.69, 9.17) is 26.8 Å². The van der Waals surface area contributed by atoms with Crippen LogP contribution in [0.3, 0.4) is 0 Å². The first-order valence-corrected chi connectivity index (χ1v) is 7.49. The molecule has 0 amide bonds. The van der Waals surface area contributed by atoms with Crippen molar-refractivity contribution in [1.82, 2.24) is 0 Å². The SMILES string of the molecule is NC1(c2cc3c(cc2Cl)OC2(CCCC2)O3)CCC1. The Morgan fingerprint density at radius 2 is 1.58 bits per heavy atom. The summed E-state index contributed by atoms with van der Waals surface area (Å²) >= 11 is 6.38. The van der Waals surface area contributed by atoms with E-state index in [9.17, 15) is 0 Å². The zero-order chi connectivity index (χ0) is 13.1. The second kappa shape index (κ2) is 3.80. The Morgan fingerprint density at radius 3 is 2.16 bits per heavy atom. The van der Waals surface area contributed by atoms with Gasteiger partial charge in [-0.1, -0.05) is 11.6 Å². The summed E-state index contributed by atoms with van der Waals surface area (Å²) in [4.78, 5) is 0. The highest BCUT2D eigenvalue weighted by atomic mass is 35.5. The van der Waals surface area contributed by atoms with Crippen molar-refractivity contribution in [2.45, 2.75) is 56.3 Å². The van der Waals surface area contributed by atoms with E-state index in [1.807, 2.05) is 12.1 Å². The predicted molar refractivity (Wildman–Crippen MR) is 73.6 cm³/mol. The van der Waals surface area contributed by atoms with E-state index in [1.165, 1.54) is 6.42 Å². The number of rotatable bonds is 1. The topological polar surface area (TPSA) is 44.5 Å². The Morgan fingerprint density at radius 1 is 0.947 bits per heavy atom. The lowest BCUT2D eigenvalue weighted by Crippen LogP contribution is -2.43. The fourth-order valence-electron chi connectivity index (χ4n) is 3.44. The number of hydrogen-bond donors (Lipinski definition) is 1. The summed E-state index contributed by atoms with van der Waals surface area (Å²) in [6.07, 6.45) is 7.41. The van der Waals surface area contributed by atoms with Gasteiger partial charge in [0.2, 0.25) is 0 Å². The summed E-state index contributed by atoms with van der Waals surface area (Å²) in [6, 6.07) is 3.89. The Balaban J connectivity index is 1.72. The molecule has 4 heteroatoms. The van der Waals surface area contributed by atoms with Gasteiger partial charge in [0.05, 0.1) is 0 Å². The molecule has 2 fully saturated rings. The number of hydrogen-bond acceptors (Lipinski definition) is 3. The molecule has 102 valence electrons.